The Kier molecular flexibility index (Phi) is 4.32. The molecule has 0 bridgehead atoms. The van der Waals surface area contributed by atoms with E-state index in [2.05, 4.69) is 47.4 Å². The molecule has 0 amide bonds. The molecule has 1 aromatic carbocycles. The molecule has 0 aliphatic carbocycles. The molecule has 1 aliphatic rings. The van der Waals surface area contributed by atoms with Gasteiger partial charge in [-0.1, -0.05) is 37.3 Å². The van der Waals surface area contributed by atoms with Gasteiger partial charge in [0.05, 0.1) is 5.69 Å². The van der Waals surface area contributed by atoms with Crippen LogP contribution in [0, 0.1) is 5.41 Å². The molecule has 1 aromatic heterocycles. The predicted octanol–water partition coefficient (Wildman–Crippen LogP) is 2.68. The van der Waals surface area contributed by atoms with Gasteiger partial charge in [-0.15, -0.1) is 0 Å². The Labute approximate surface area is 132 Å². The summed E-state index contributed by atoms with van der Waals surface area (Å²) in [5.74, 6) is 0. The van der Waals surface area contributed by atoms with Crippen molar-refractivity contribution in [3.05, 3.63) is 42.1 Å². The fourth-order valence-electron chi connectivity index (χ4n) is 3.42. The molecule has 3 rings (SSSR count). The van der Waals surface area contributed by atoms with Crippen molar-refractivity contribution in [2.45, 2.75) is 26.3 Å². The van der Waals surface area contributed by atoms with Crippen LogP contribution in [0.15, 0.2) is 36.5 Å². The van der Waals surface area contributed by atoms with Gasteiger partial charge < -0.3 is 5.11 Å². The van der Waals surface area contributed by atoms with Crippen LogP contribution < -0.4 is 0 Å². The van der Waals surface area contributed by atoms with E-state index in [0.717, 1.165) is 38.2 Å². The SMILES string of the molecule is Cn1cc(CN2CCC[C@@](C)(CO)C2)c(-c2ccccc2)n1. The summed E-state index contributed by atoms with van der Waals surface area (Å²) in [7, 11) is 1.98. The third-order valence-corrected chi connectivity index (χ3v) is 4.59. The monoisotopic (exact) mass is 299 g/mol. The van der Waals surface area contributed by atoms with E-state index in [1.54, 1.807) is 0 Å². The van der Waals surface area contributed by atoms with Gasteiger partial charge in [-0.25, -0.2) is 0 Å². The lowest BCUT2D eigenvalue weighted by atomic mass is 9.82. The third kappa shape index (κ3) is 3.23. The molecule has 0 spiro atoms. The maximum atomic E-state index is 9.63. The lowest BCUT2D eigenvalue weighted by Gasteiger charge is -2.39. The molecule has 1 N–H and O–H groups in total. The maximum Gasteiger partial charge on any atom is 0.0968 e. The molecular formula is C18H25N3O. The first-order valence-corrected chi connectivity index (χ1v) is 8.01. The summed E-state index contributed by atoms with van der Waals surface area (Å²) in [6.45, 7) is 5.39. The molecular weight excluding hydrogens is 274 g/mol. The van der Waals surface area contributed by atoms with Crippen LogP contribution in [0.4, 0.5) is 0 Å². The number of likely N-dealkylation sites (tertiary alicyclic amines) is 1. The smallest absolute Gasteiger partial charge is 0.0968 e. The Balaban J connectivity index is 1.81. The van der Waals surface area contributed by atoms with Crippen molar-refractivity contribution >= 4 is 0 Å². The van der Waals surface area contributed by atoms with Crippen LogP contribution in [0.2, 0.25) is 0 Å². The zero-order valence-electron chi connectivity index (χ0n) is 13.5. The summed E-state index contributed by atoms with van der Waals surface area (Å²) >= 11 is 0. The maximum absolute atomic E-state index is 9.63. The first kappa shape index (κ1) is 15.3. The largest absolute Gasteiger partial charge is 0.396 e. The Morgan fingerprint density at radius 1 is 1.27 bits per heavy atom. The van der Waals surface area contributed by atoms with Crippen molar-refractivity contribution in [1.82, 2.24) is 14.7 Å². The summed E-state index contributed by atoms with van der Waals surface area (Å²) in [4.78, 5) is 2.45. The minimum Gasteiger partial charge on any atom is -0.396 e. The first-order valence-electron chi connectivity index (χ1n) is 8.01. The number of aliphatic hydroxyl groups is 1. The summed E-state index contributed by atoms with van der Waals surface area (Å²) in [6.07, 6.45) is 4.38. The number of benzene rings is 1. The van der Waals surface area contributed by atoms with E-state index in [-0.39, 0.29) is 12.0 Å². The van der Waals surface area contributed by atoms with E-state index in [4.69, 9.17) is 0 Å². The molecule has 2 aromatic rings. The molecule has 22 heavy (non-hydrogen) atoms. The van der Waals surface area contributed by atoms with Crippen LogP contribution in [-0.2, 0) is 13.6 Å². The quantitative estimate of drug-likeness (QED) is 0.943. The van der Waals surface area contributed by atoms with Crippen LogP contribution >= 0.6 is 0 Å². The van der Waals surface area contributed by atoms with Gasteiger partial charge >= 0.3 is 0 Å². The number of aryl methyl sites for hydroxylation is 1. The summed E-state index contributed by atoms with van der Waals surface area (Å²) < 4.78 is 1.90. The first-order chi connectivity index (χ1) is 10.6. The predicted molar refractivity (Wildman–Crippen MR) is 88.3 cm³/mol. The average Bonchev–Trinajstić information content (AvgIpc) is 2.89. The second-order valence-corrected chi connectivity index (χ2v) is 6.83. The lowest BCUT2D eigenvalue weighted by Crippen LogP contribution is -2.43. The van der Waals surface area contributed by atoms with E-state index in [1.807, 2.05) is 17.8 Å². The van der Waals surface area contributed by atoms with Crippen LogP contribution in [0.1, 0.15) is 25.3 Å². The third-order valence-electron chi connectivity index (χ3n) is 4.59. The summed E-state index contributed by atoms with van der Waals surface area (Å²) in [6, 6.07) is 10.4. The molecule has 118 valence electrons. The second-order valence-electron chi connectivity index (χ2n) is 6.83. The lowest BCUT2D eigenvalue weighted by molar-refractivity contribution is 0.0430. The Morgan fingerprint density at radius 2 is 2.05 bits per heavy atom. The second kappa shape index (κ2) is 6.23. The molecule has 1 fully saturated rings. The van der Waals surface area contributed by atoms with Gasteiger partial charge in [0, 0.05) is 49.5 Å². The highest BCUT2D eigenvalue weighted by Gasteiger charge is 2.30. The Bertz CT molecular complexity index is 623. The van der Waals surface area contributed by atoms with Gasteiger partial charge in [0.25, 0.3) is 0 Å². The summed E-state index contributed by atoms with van der Waals surface area (Å²) in [5.41, 5.74) is 3.53. The van der Waals surface area contributed by atoms with Crippen molar-refractivity contribution < 1.29 is 5.11 Å². The highest BCUT2D eigenvalue weighted by Crippen LogP contribution is 2.31. The van der Waals surface area contributed by atoms with Gasteiger partial charge in [-0.05, 0) is 19.4 Å². The standard InChI is InChI=1S/C18H25N3O/c1-18(14-22)9-6-10-21(13-18)12-16-11-20(2)19-17(16)15-7-4-3-5-8-15/h3-5,7-8,11,22H,6,9-10,12-14H2,1-2H3/t18-/m1/s1. The summed E-state index contributed by atoms with van der Waals surface area (Å²) in [5, 5.41) is 14.3. The van der Waals surface area contributed by atoms with E-state index >= 15 is 0 Å². The zero-order valence-corrected chi connectivity index (χ0v) is 13.5. The number of hydrogen-bond acceptors (Lipinski definition) is 3. The number of nitrogens with zero attached hydrogens (tertiary/aromatic N) is 3. The molecule has 4 heteroatoms. The minimum absolute atomic E-state index is 0.0351. The van der Waals surface area contributed by atoms with Crippen LogP contribution in [0.3, 0.4) is 0 Å². The molecule has 1 atom stereocenters. The Hall–Kier alpha value is -1.65. The van der Waals surface area contributed by atoms with Crippen molar-refractivity contribution in [3.63, 3.8) is 0 Å². The molecule has 1 aliphatic heterocycles. The zero-order chi connectivity index (χ0) is 15.6. The molecule has 4 nitrogen and oxygen atoms in total. The highest BCUT2D eigenvalue weighted by atomic mass is 16.3. The highest BCUT2D eigenvalue weighted by molar-refractivity contribution is 5.62. The van der Waals surface area contributed by atoms with Crippen molar-refractivity contribution in [1.29, 1.82) is 0 Å². The van der Waals surface area contributed by atoms with Gasteiger partial charge in [-0.3, -0.25) is 9.58 Å². The van der Waals surface area contributed by atoms with Crippen molar-refractivity contribution in [2.75, 3.05) is 19.7 Å². The van der Waals surface area contributed by atoms with Crippen LogP contribution in [0.5, 0.6) is 0 Å². The van der Waals surface area contributed by atoms with E-state index in [1.165, 1.54) is 11.1 Å². The van der Waals surface area contributed by atoms with Gasteiger partial charge in [0.1, 0.15) is 0 Å². The number of aromatic nitrogens is 2. The van der Waals surface area contributed by atoms with Crippen molar-refractivity contribution in [2.24, 2.45) is 12.5 Å². The number of hydrogen-bond donors (Lipinski definition) is 1. The number of rotatable bonds is 4. The topological polar surface area (TPSA) is 41.3 Å². The number of piperidine rings is 1. The van der Waals surface area contributed by atoms with Gasteiger partial charge in [0.2, 0.25) is 0 Å². The Morgan fingerprint density at radius 3 is 2.77 bits per heavy atom. The van der Waals surface area contributed by atoms with Crippen LogP contribution in [-0.4, -0.2) is 39.5 Å². The van der Waals surface area contributed by atoms with Gasteiger partial charge in [0.15, 0.2) is 0 Å². The number of aliphatic hydroxyl groups excluding tert-OH is 1. The van der Waals surface area contributed by atoms with E-state index < -0.39 is 0 Å². The molecule has 0 radical (unpaired) electrons. The normalized spacial score (nSPS) is 22.9. The van der Waals surface area contributed by atoms with Gasteiger partial charge in [-0.2, -0.15) is 5.10 Å². The molecule has 2 heterocycles. The minimum atomic E-state index is 0.0351. The fourth-order valence-corrected chi connectivity index (χ4v) is 3.42. The average molecular weight is 299 g/mol. The van der Waals surface area contributed by atoms with E-state index in [9.17, 15) is 5.11 Å². The molecule has 0 saturated carbocycles. The molecule has 1 saturated heterocycles. The van der Waals surface area contributed by atoms with Crippen LogP contribution in [0.25, 0.3) is 11.3 Å². The molecule has 0 unspecified atom stereocenters. The van der Waals surface area contributed by atoms with E-state index in [0.29, 0.717) is 0 Å². The van der Waals surface area contributed by atoms with Crippen molar-refractivity contribution in [3.8, 4) is 11.3 Å². The fraction of sp³-hybridized carbons (Fsp3) is 0.500.